The number of carbonyl (C=O) groups is 2. The number of carbonyl (C=O) groups excluding carboxylic acids is 2. The van der Waals surface area contributed by atoms with E-state index in [-0.39, 0.29) is 30.0 Å². The third kappa shape index (κ3) is 3.97. The molecule has 0 aliphatic carbocycles. The molecule has 0 spiro atoms. The van der Waals surface area contributed by atoms with Crippen LogP contribution in [0.2, 0.25) is 0 Å². The van der Waals surface area contributed by atoms with Crippen LogP contribution in [0, 0.1) is 6.92 Å². The Bertz CT molecular complexity index is 542. The van der Waals surface area contributed by atoms with Gasteiger partial charge in [0.15, 0.2) is 0 Å². The molecule has 2 amide bonds. The fourth-order valence-corrected chi connectivity index (χ4v) is 2.56. The summed E-state index contributed by atoms with van der Waals surface area (Å²) in [5.41, 5.74) is 1.58. The standard InChI is InChI=1S/C16H22N2O3/c1-3-16(21)18-7-6-13(10-18)17-15(20)9-12-5-4-11(2)14(19)8-12/h4-5,8,13,19H,3,6-7,9-10H2,1-2H3,(H,17,20). The Hall–Kier alpha value is -2.04. The molecule has 5 nitrogen and oxygen atoms in total. The van der Waals surface area contributed by atoms with Gasteiger partial charge in [-0.1, -0.05) is 19.1 Å². The number of benzene rings is 1. The number of rotatable bonds is 4. The lowest BCUT2D eigenvalue weighted by molar-refractivity contribution is -0.130. The van der Waals surface area contributed by atoms with E-state index in [1.807, 2.05) is 19.9 Å². The highest BCUT2D eigenvalue weighted by molar-refractivity contribution is 5.79. The molecule has 1 fully saturated rings. The van der Waals surface area contributed by atoms with E-state index in [2.05, 4.69) is 5.32 Å². The quantitative estimate of drug-likeness (QED) is 0.880. The number of nitrogens with zero attached hydrogens (tertiary/aromatic N) is 1. The molecule has 0 radical (unpaired) electrons. The number of hydrogen-bond acceptors (Lipinski definition) is 3. The minimum atomic E-state index is -0.0750. The monoisotopic (exact) mass is 290 g/mol. The summed E-state index contributed by atoms with van der Waals surface area (Å²) >= 11 is 0. The molecule has 1 aromatic rings. The van der Waals surface area contributed by atoms with Gasteiger partial charge in [0.25, 0.3) is 0 Å². The van der Waals surface area contributed by atoms with E-state index >= 15 is 0 Å². The molecule has 5 heteroatoms. The average Bonchev–Trinajstić information content (AvgIpc) is 2.90. The van der Waals surface area contributed by atoms with Crippen molar-refractivity contribution in [2.45, 2.75) is 39.2 Å². The molecule has 1 aliphatic rings. The van der Waals surface area contributed by atoms with Crippen molar-refractivity contribution in [3.63, 3.8) is 0 Å². The third-order valence-electron chi connectivity index (χ3n) is 3.85. The predicted octanol–water partition coefficient (Wildman–Crippen LogP) is 1.37. The van der Waals surface area contributed by atoms with Gasteiger partial charge in [-0.15, -0.1) is 0 Å². The molecule has 1 unspecified atom stereocenters. The maximum Gasteiger partial charge on any atom is 0.224 e. The van der Waals surface area contributed by atoms with Gasteiger partial charge in [0.05, 0.1) is 6.42 Å². The van der Waals surface area contributed by atoms with E-state index in [0.717, 1.165) is 17.5 Å². The van der Waals surface area contributed by atoms with Crippen LogP contribution in [0.5, 0.6) is 5.75 Å². The Labute approximate surface area is 125 Å². The van der Waals surface area contributed by atoms with E-state index in [1.165, 1.54) is 0 Å². The highest BCUT2D eigenvalue weighted by atomic mass is 16.3. The number of hydrogen-bond donors (Lipinski definition) is 2. The summed E-state index contributed by atoms with van der Waals surface area (Å²) in [5, 5.41) is 12.6. The fourth-order valence-electron chi connectivity index (χ4n) is 2.56. The zero-order valence-electron chi connectivity index (χ0n) is 12.6. The number of aryl methyl sites for hydroxylation is 1. The number of nitrogens with one attached hydrogen (secondary N) is 1. The Morgan fingerprint density at radius 2 is 2.19 bits per heavy atom. The van der Waals surface area contributed by atoms with Gasteiger partial charge in [-0.05, 0) is 30.5 Å². The summed E-state index contributed by atoms with van der Waals surface area (Å²) in [6.07, 6.45) is 1.55. The number of aromatic hydroxyl groups is 1. The molecular formula is C16H22N2O3. The molecule has 2 rings (SSSR count). The first-order chi connectivity index (χ1) is 9.99. The number of phenolic OH excluding ortho intramolecular Hbond substituents is 1. The summed E-state index contributed by atoms with van der Waals surface area (Å²) in [7, 11) is 0. The normalized spacial score (nSPS) is 17.8. The number of likely N-dealkylation sites (tertiary alicyclic amines) is 1. The van der Waals surface area contributed by atoms with Crippen molar-refractivity contribution in [3.05, 3.63) is 29.3 Å². The van der Waals surface area contributed by atoms with E-state index in [4.69, 9.17) is 0 Å². The Morgan fingerprint density at radius 1 is 1.43 bits per heavy atom. The predicted molar refractivity (Wildman–Crippen MR) is 80.0 cm³/mol. The summed E-state index contributed by atoms with van der Waals surface area (Å²) in [6, 6.07) is 5.30. The zero-order chi connectivity index (χ0) is 15.4. The van der Waals surface area contributed by atoms with Crippen LogP contribution in [-0.2, 0) is 16.0 Å². The first-order valence-corrected chi connectivity index (χ1v) is 7.35. The molecule has 1 heterocycles. The lowest BCUT2D eigenvalue weighted by Crippen LogP contribution is -2.39. The Balaban J connectivity index is 1.85. The molecule has 1 aromatic carbocycles. The van der Waals surface area contributed by atoms with E-state index in [1.54, 1.807) is 17.0 Å². The van der Waals surface area contributed by atoms with Gasteiger partial charge in [-0.2, -0.15) is 0 Å². The first kappa shape index (κ1) is 15.4. The molecule has 0 aromatic heterocycles. The molecule has 2 N–H and O–H groups in total. The molecule has 114 valence electrons. The van der Waals surface area contributed by atoms with Crippen molar-refractivity contribution >= 4 is 11.8 Å². The largest absolute Gasteiger partial charge is 0.508 e. The molecular weight excluding hydrogens is 268 g/mol. The van der Waals surface area contributed by atoms with Crippen molar-refractivity contribution in [2.24, 2.45) is 0 Å². The number of amides is 2. The van der Waals surface area contributed by atoms with E-state index < -0.39 is 0 Å². The molecule has 1 aliphatic heterocycles. The summed E-state index contributed by atoms with van der Waals surface area (Å²) < 4.78 is 0. The second-order valence-electron chi connectivity index (χ2n) is 5.54. The lowest BCUT2D eigenvalue weighted by Gasteiger charge is -2.16. The molecule has 21 heavy (non-hydrogen) atoms. The molecule has 0 saturated carbocycles. The van der Waals surface area contributed by atoms with Crippen LogP contribution < -0.4 is 5.32 Å². The molecule has 1 saturated heterocycles. The van der Waals surface area contributed by atoms with Gasteiger partial charge in [-0.25, -0.2) is 0 Å². The van der Waals surface area contributed by atoms with Gasteiger partial charge in [-0.3, -0.25) is 9.59 Å². The maximum absolute atomic E-state index is 12.0. The molecule has 1 atom stereocenters. The van der Waals surface area contributed by atoms with E-state index in [0.29, 0.717) is 19.5 Å². The van der Waals surface area contributed by atoms with Crippen LogP contribution in [0.15, 0.2) is 18.2 Å². The fraction of sp³-hybridized carbons (Fsp3) is 0.500. The van der Waals surface area contributed by atoms with Crippen LogP contribution >= 0.6 is 0 Å². The van der Waals surface area contributed by atoms with Crippen LogP contribution in [0.3, 0.4) is 0 Å². The maximum atomic E-state index is 12.0. The second kappa shape index (κ2) is 6.61. The lowest BCUT2D eigenvalue weighted by atomic mass is 10.1. The summed E-state index contributed by atoms with van der Waals surface area (Å²) in [6.45, 7) is 4.97. The van der Waals surface area contributed by atoms with Crippen molar-refractivity contribution < 1.29 is 14.7 Å². The van der Waals surface area contributed by atoms with E-state index in [9.17, 15) is 14.7 Å². The minimum Gasteiger partial charge on any atom is -0.508 e. The van der Waals surface area contributed by atoms with Gasteiger partial charge in [0, 0.05) is 25.6 Å². The third-order valence-corrected chi connectivity index (χ3v) is 3.85. The van der Waals surface area contributed by atoms with Gasteiger partial charge >= 0.3 is 0 Å². The van der Waals surface area contributed by atoms with Crippen LogP contribution in [0.1, 0.15) is 30.9 Å². The topological polar surface area (TPSA) is 69.6 Å². The van der Waals surface area contributed by atoms with Crippen LogP contribution in [0.25, 0.3) is 0 Å². The number of phenols is 1. The zero-order valence-corrected chi connectivity index (χ0v) is 12.6. The summed E-state index contributed by atoms with van der Waals surface area (Å²) in [5.74, 6) is 0.269. The van der Waals surface area contributed by atoms with Gasteiger partial charge in [0.2, 0.25) is 11.8 Å². The average molecular weight is 290 g/mol. The highest BCUT2D eigenvalue weighted by Gasteiger charge is 2.26. The van der Waals surface area contributed by atoms with Gasteiger partial charge < -0.3 is 15.3 Å². The summed E-state index contributed by atoms with van der Waals surface area (Å²) in [4.78, 5) is 25.4. The minimum absolute atomic E-state index is 0.0343. The van der Waals surface area contributed by atoms with Crippen molar-refractivity contribution in [1.29, 1.82) is 0 Å². The SMILES string of the molecule is CCC(=O)N1CCC(NC(=O)Cc2ccc(C)c(O)c2)C1. The Kier molecular flexibility index (Phi) is 4.83. The first-order valence-electron chi connectivity index (χ1n) is 7.35. The van der Waals surface area contributed by atoms with Crippen LogP contribution in [-0.4, -0.2) is 41.0 Å². The van der Waals surface area contributed by atoms with Gasteiger partial charge in [0.1, 0.15) is 5.75 Å². The van der Waals surface area contributed by atoms with Crippen molar-refractivity contribution in [2.75, 3.05) is 13.1 Å². The smallest absolute Gasteiger partial charge is 0.224 e. The highest BCUT2D eigenvalue weighted by Crippen LogP contribution is 2.18. The van der Waals surface area contributed by atoms with Crippen molar-refractivity contribution in [3.8, 4) is 5.75 Å². The van der Waals surface area contributed by atoms with Crippen LogP contribution in [0.4, 0.5) is 0 Å². The Morgan fingerprint density at radius 3 is 2.86 bits per heavy atom. The van der Waals surface area contributed by atoms with Crippen molar-refractivity contribution in [1.82, 2.24) is 10.2 Å². The molecule has 0 bridgehead atoms. The second-order valence-corrected chi connectivity index (χ2v) is 5.54.